The molecule has 0 bridgehead atoms. The van der Waals surface area contributed by atoms with E-state index >= 15 is 0 Å². The van der Waals surface area contributed by atoms with Crippen LogP contribution in [0.25, 0.3) is 0 Å². The van der Waals surface area contributed by atoms with Crippen LogP contribution in [0.1, 0.15) is 6.92 Å². The van der Waals surface area contributed by atoms with Crippen molar-refractivity contribution in [3.63, 3.8) is 0 Å². The third kappa shape index (κ3) is 1.79. The number of rotatable bonds is 2. The fraction of sp³-hybridized carbons (Fsp3) is 0.500. The first-order valence-electron chi connectivity index (χ1n) is 2.25. The number of aromatic nitrogens is 1. The second kappa shape index (κ2) is 3.36. The average Bonchev–Trinajstić information content (AvgIpc) is 2.25. The van der Waals surface area contributed by atoms with Crippen LogP contribution in [0.4, 0.5) is 0 Å². The largest absolute Gasteiger partial charge is 0.147 e. The van der Waals surface area contributed by atoms with Crippen molar-refractivity contribution in [2.45, 2.75) is 6.92 Å². The van der Waals surface area contributed by atoms with Crippen molar-refractivity contribution < 1.29 is 21.5 Å². The van der Waals surface area contributed by atoms with Gasteiger partial charge in [-0.15, -0.1) is 12.4 Å². The molecule has 0 saturated carbocycles. The van der Waals surface area contributed by atoms with E-state index in [2.05, 4.69) is 0 Å². The van der Waals surface area contributed by atoms with Crippen molar-refractivity contribution in [3.05, 3.63) is 20.7 Å². The van der Waals surface area contributed by atoms with Crippen LogP contribution in [0.5, 0.6) is 0 Å². The average molecular weight is 262 g/mol. The topological polar surface area (TPSA) is 39.1 Å². The summed E-state index contributed by atoms with van der Waals surface area (Å²) in [5, 5.41) is 0. The van der Waals surface area contributed by atoms with Crippen LogP contribution in [-0.4, -0.2) is 7.21 Å². The maximum atomic E-state index is 10.2. The molecule has 5 heteroatoms. The summed E-state index contributed by atoms with van der Waals surface area (Å²) in [7, 11) is 0. The van der Waals surface area contributed by atoms with Gasteiger partial charge in [-0.3, -0.25) is 0 Å². The number of alkyl halides is 1. The van der Waals surface area contributed by atoms with Crippen molar-refractivity contribution in [1.29, 1.82) is 0 Å². The van der Waals surface area contributed by atoms with E-state index in [1.54, 1.807) is 0 Å². The third-order valence-electron chi connectivity index (χ3n) is 0.729. The quantitative estimate of drug-likeness (QED) is 0.314. The van der Waals surface area contributed by atoms with Gasteiger partial charge < -0.3 is 0 Å². The van der Waals surface area contributed by atoms with Crippen molar-refractivity contribution in [2.75, 3.05) is 4.43 Å². The smallest absolute Gasteiger partial charge is 0.147 e. The summed E-state index contributed by atoms with van der Waals surface area (Å²) in [5.74, 6) is 0. The monoisotopic (exact) mass is 262 g/mol. The van der Waals surface area contributed by atoms with Gasteiger partial charge in [-0.05, 0) is 0 Å². The molecule has 0 saturated heterocycles. The van der Waals surface area contributed by atoms with E-state index in [9.17, 15) is 9.59 Å². The molecular weight excluding hydrogens is 256 g/mol. The summed E-state index contributed by atoms with van der Waals surface area (Å²) in [5.41, 5.74) is -0.556. The van der Waals surface area contributed by atoms with E-state index in [0.717, 1.165) is 4.43 Å². The molecule has 1 aromatic heterocycles. The van der Waals surface area contributed by atoms with Crippen LogP contribution in [0, 0.1) is 0 Å². The van der Waals surface area contributed by atoms with Gasteiger partial charge in [-0.25, -0.2) is 0 Å². The maximum absolute atomic E-state index is 10.2. The normalized spacial score (nSPS) is 9.89. The van der Waals surface area contributed by atoms with Gasteiger partial charge in [0.05, 0.1) is 0 Å². The molecule has 0 radical (unpaired) electrons. The van der Waals surface area contributed by atoms with Crippen molar-refractivity contribution in [1.82, 2.24) is 2.78 Å². The Morgan fingerprint density at radius 1 is 1.44 bits per heavy atom. The van der Waals surface area contributed by atoms with Crippen molar-refractivity contribution >= 4 is 12.4 Å². The van der Waals surface area contributed by atoms with Gasteiger partial charge in [-0.2, -0.15) is 0 Å². The molecule has 0 aromatic carbocycles. The van der Waals surface area contributed by atoms with Gasteiger partial charge in [-0.1, -0.05) is 0 Å². The molecule has 1 heterocycles. The van der Waals surface area contributed by atoms with E-state index in [-0.39, 0.29) is 45.0 Å². The van der Waals surface area contributed by atoms with Crippen LogP contribution in [-0.2, 0) is 0 Å². The second-order valence-electron chi connectivity index (χ2n) is 1.28. The maximum Gasteiger partial charge on any atom is -0.147 e. The molecule has 0 unspecified atom stereocenters. The number of hydrogen-bond donors (Lipinski definition) is 0. The Labute approximate surface area is 68.8 Å². The fourth-order valence-electron chi connectivity index (χ4n) is 0.346. The zero-order valence-corrected chi connectivity index (χ0v) is 7.73. The van der Waals surface area contributed by atoms with Gasteiger partial charge >= 0.3 is 56.3 Å². The first-order chi connectivity index (χ1) is 3.77. The molecule has 0 N–H and O–H groups in total. The Morgan fingerprint density at radius 2 is 1.89 bits per heavy atom. The van der Waals surface area contributed by atoms with E-state index in [1.807, 2.05) is 6.92 Å². The Balaban J connectivity index is 0.000000640. The second-order valence-corrected chi connectivity index (χ2v) is 4.45. The summed E-state index contributed by atoms with van der Waals surface area (Å²) in [6.45, 7) is 1.98. The van der Waals surface area contributed by atoms with Gasteiger partial charge in [0.15, 0.2) is 0 Å². The first-order valence-corrected chi connectivity index (χ1v) is 4.74. The molecule has 0 aliphatic rings. The zero-order chi connectivity index (χ0) is 6.15. The molecule has 0 amide bonds. The first kappa shape index (κ1) is 9.16. The molecular formula is C4H6ClINO2-. The van der Waals surface area contributed by atoms with Crippen LogP contribution < -0.4 is 32.6 Å². The number of halogens is 2. The van der Waals surface area contributed by atoms with Gasteiger partial charge in [0.1, 0.15) is 0 Å². The van der Waals surface area contributed by atoms with Gasteiger partial charge in [0, 0.05) is 0 Å². The minimum absolute atomic E-state index is 0. The number of nitrogens with zero attached hydrogens (tertiary/aromatic N) is 1. The minimum atomic E-state index is -0.278. The molecule has 1 aromatic rings. The third-order valence-corrected chi connectivity index (χ3v) is 2.97. The molecule has 0 spiro atoms. The van der Waals surface area contributed by atoms with E-state index < -0.39 is 0 Å². The minimum Gasteiger partial charge on any atom is -0.147 e. The molecule has 9 heavy (non-hydrogen) atoms. The van der Waals surface area contributed by atoms with Crippen molar-refractivity contribution in [3.8, 4) is 0 Å². The zero-order valence-electron chi connectivity index (χ0n) is 4.76. The standard InChI is InChI=1S/C4H5INO2.ClH/c1-2-5-6-3(7)4(6)8;/h2H2,1H3;1H/q-1;. The summed E-state index contributed by atoms with van der Waals surface area (Å²) in [4.78, 5) is 20.4. The van der Waals surface area contributed by atoms with Crippen LogP contribution in [0.2, 0.25) is 0 Å². The number of hydrogen-bond acceptors (Lipinski definition) is 2. The molecule has 0 atom stereocenters. The fourth-order valence-corrected chi connectivity index (χ4v) is 1.95. The Bertz CT molecular complexity index is 224. The predicted molar refractivity (Wildman–Crippen MR) is 32.5 cm³/mol. The summed E-state index contributed by atoms with van der Waals surface area (Å²) in [6, 6.07) is 0. The predicted octanol–water partition coefficient (Wildman–Crippen LogP) is -3.62. The molecule has 54 valence electrons. The van der Waals surface area contributed by atoms with Crippen LogP contribution in [0.3, 0.4) is 0 Å². The molecule has 0 fully saturated rings. The molecule has 0 aliphatic carbocycles. The molecule has 1 rings (SSSR count). The molecule has 3 nitrogen and oxygen atoms in total. The summed E-state index contributed by atoms with van der Waals surface area (Å²) >= 11 is -0.267. The summed E-state index contributed by atoms with van der Waals surface area (Å²) in [6.07, 6.45) is 0. The Hall–Kier alpha value is 0.160. The van der Waals surface area contributed by atoms with E-state index in [1.165, 1.54) is 2.78 Å². The van der Waals surface area contributed by atoms with Gasteiger partial charge in [0.25, 0.3) is 0 Å². The van der Waals surface area contributed by atoms with E-state index in [0.29, 0.717) is 0 Å². The van der Waals surface area contributed by atoms with Crippen LogP contribution >= 0.6 is 12.4 Å². The van der Waals surface area contributed by atoms with Crippen molar-refractivity contribution in [2.24, 2.45) is 0 Å². The Morgan fingerprint density at radius 3 is 2.00 bits per heavy atom. The van der Waals surface area contributed by atoms with Gasteiger partial charge in [0.2, 0.25) is 0 Å². The molecule has 0 aliphatic heterocycles. The Kier molecular flexibility index (Phi) is 3.42. The van der Waals surface area contributed by atoms with E-state index in [4.69, 9.17) is 0 Å². The van der Waals surface area contributed by atoms with Crippen LogP contribution in [0.15, 0.2) is 9.59 Å². The SMILES string of the molecule is CC[I-]n1c(=O)c1=O.Cl. The summed E-state index contributed by atoms with van der Waals surface area (Å²) < 4.78 is 2.31.